The summed E-state index contributed by atoms with van der Waals surface area (Å²) in [5.74, 6) is 0. The maximum atomic E-state index is 11.8. The largest absolute Gasteiger partial charge is 0.444 e. The maximum Gasteiger partial charge on any atom is 0.410 e. The summed E-state index contributed by atoms with van der Waals surface area (Å²) in [4.78, 5) is 25.8. The predicted molar refractivity (Wildman–Crippen MR) is 60.0 cm³/mol. The number of hydrogen-bond acceptors (Lipinski definition) is 3. The summed E-state index contributed by atoms with van der Waals surface area (Å²) in [5, 5.41) is 0. The zero-order valence-corrected chi connectivity index (χ0v) is 10.4. The van der Waals surface area contributed by atoms with Crippen LogP contribution in [0.2, 0.25) is 0 Å². The SMILES string of the molecule is CC1CN(C=O)CCN1C(=O)OC(C)(C)C. The Morgan fingerprint density at radius 2 is 2.00 bits per heavy atom. The van der Waals surface area contributed by atoms with Gasteiger partial charge in [0, 0.05) is 25.7 Å². The summed E-state index contributed by atoms with van der Waals surface area (Å²) in [6.07, 6.45) is 0.522. The third-order valence-corrected chi connectivity index (χ3v) is 2.44. The molecule has 16 heavy (non-hydrogen) atoms. The number of carbonyl (C=O) groups is 2. The van der Waals surface area contributed by atoms with Crippen molar-refractivity contribution in [3.8, 4) is 0 Å². The smallest absolute Gasteiger partial charge is 0.410 e. The summed E-state index contributed by atoms with van der Waals surface area (Å²) in [6.45, 7) is 9.13. The lowest BCUT2D eigenvalue weighted by molar-refractivity contribution is -0.120. The minimum Gasteiger partial charge on any atom is -0.444 e. The van der Waals surface area contributed by atoms with Gasteiger partial charge in [0.15, 0.2) is 0 Å². The Morgan fingerprint density at radius 3 is 2.44 bits per heavy atom. The molecule has 0 spiro atoms. The van der Waals surface area contributed by atoms with Crippen LogP contribution in [0.5, 0.6) is 0 Å². The summed E-state index contributed by atoms with van der Waals surface area (Å²) < 4.78 is 5.30. The Hall–Kier alpha value is -1.26. The Balaban J connectivity index is 2.55. The number of amides is 2. The van der Waals surface area contributed by atoms with E-state index in [1.807, 2.05) is 27.7 Å². The average molecular weight is 228 g/mol. The minimum absolute atomic E-state index is 0.00815. The molecule has 92 valence electrons. The first-order valence-corrected chi connectivity index (χ1v) is 5.52. The van der Waals surface area contributed by atoms with E-state index in [1.54, 1.807) is 9.80 Å². The third kappa shape index (κ3) is 3.40. The lowest BCUT2D eigenvalue weighted by atomic mass is 10.2. The van der Waals surface area contributed by atoms with Crippen molar-refractivity contribution in [3.63, 3.8) is 0 Å². The highest BCUT2D eigenvalue weighted by molar-refractivity contribution is 5.69. The van der Waals surface area contributed by atoms with E-state index in [9.17, 15) is 9.59 Å². The second-order valence-electron chi connectivity index (χ2n) is 5.12. The Labute approximate surface area is 96.3 Å². The van der Waals surface area contributed by atoms with Crippen molar-refractivity contribution in [1.29, 1.82) is 0 Å². The standard InChI is InChI=1S/C11H20N2O3/c1-9-7-12(8-14)5-6-13(9)10(15)16-11(2,3)4/h8-9H,5-7H2,1-4H3. The highest BCUT2D eigenvalue weighted by Gasteiger charge is 2.30. The van der Waals surface area contributed by atoms with Gasteiger partial charge in [-0.1, -0.05) is 0 Å². The number of carbonyl (C=O) groups excluding carboxylic acids is 2. The number of nitrogens with zero attached hydrogens (tertiary/aromatic N) is 2. The van der Waals surface area contributed by atoms with E-state index < -0.39 is 5.60 Å². The van der Waals surface area contributed by atoms with Crippen molar-refractivity contribution in [2.45, 2.75) is 39.3 Å². The molecule has 1 unspecified atom stereocenters. The second kappa shape index (κ2) is 4.72. The summed E-state index contributed by atoms with van der Waals surface area (Å²) in [5.41, 5.74) is -0.474. The molecule has 1 fully saturated rings. The van der Waals surface area contributed by atoms with Gasteiger partial charge >= 0.3 is 6.09 Å². The maximum absolute atomic E-state index is 11.8. The molecule has 5 nitrogen and oxygen atoms in total. The number of rotatable bonds is 1. The molecule has 1 saturated heterocycles. The van der Waals surface area contributed by atoms with Crippen molar-refractivity contribution in [1.82, 2.24) is 9.80 Å². The zero-order valence-electron chi connectivity index (χ0n) is 10.4. The second-order valence-corrected chi connectivity index (χ2v) is 5.12. The van der Waals surface area contributed by atoms with E-state index in [4.69, 9.17) is 4.74 Å². The lowest BCUT2D eigenvalue weighted by Gasteiger charge is -2.38. The Kier molecular flexibility index (Phi) is 3.78. The van der Waals surface area contributed by atoms with E-state index in [0.29, 0.717) is 19.6 Å². The van der Waals surface area contributed by atoms with Crippen LogP contribution in [0.4, 0.5) is 4.79 Å². The molecule has 0 aromatic rings. The number of hydrogen-bond donors (Lipinski definition) is 0. The molecule has 0 aromatic heterocycles. The van der Waals surface area contributed by atoms with Crippen molar-refractivity contribution >= 4 is 12.5 Å². The summed E-state index contributed by atoms with van der Waals surface area (Å²) in [7, 11) is 0. The van der Waals surface area contributed by atoms with Crippen LogP contribution in [0.1, 0.15) is 27.7 Å². The van der Waals surface area contributed by atoms with E-state index >= 15 is 0 Å². The highest BCUT2D eigenvalue weighted by Crippen LogP contribution is 2.14. The minimum atomic E-state index is -0.474. The van der Waals surface area contributed by atoms with Gasteiger partial charge < -0.3 is 14.5 Å². The van der Waals surface area contributed by atoms with Gasteiger partial charge in [-0.15, -0.1) is 0 Å². The Morgan fingerprint density at radius 1 is 1.38 bits per heavy atom. The van der Waals surface area contributed by atoms with Crippen LogP contribution in [0.3, 0.4) is 0 Å². The summed E-state index contributed by atoms with van der Waals surface area (Å²) in [6, 6.07) is 0.00815. The number of ether oxygens (including phenoxy) is 1. The first kappa shape index (κ1) is 12.8. The first-order valence-electron chi connectivity index (χ1n) is 5.52. The Bertz CT molecular complexity index is 273. The van der Waals surface area contributed by atoms with Gasteiger partial charge in [-0.05, 0) is 27.7 Å². The van der Waals surface area contributed by atoms with Crippen molar-refractivity contribution in [2.24, 2.45) is 0 Å². The van der Waals surface area contributed by atoms with Crippen LogP contribution >= 0.6 is 0 Å². The van der Waals surface area contributed by atoms with Crippen LogP contribution in [0.15, 0.2) is 0 Å². The summed E-state index contributed by atoms with van der Waals surface area (Å²) >= 11 is 0. The van der Waals surface area contributed by atoms with E-state index in [2.05, 4.69) is 0 Å². The molecule has 0 aromatic carbocycles. The molecule has 0 radical (unpaired) electrons. The fourth-order valence-corrected chi connectivity index (χ4v) is 1.67. The lowest BCUT2D eigenvalue weighted by Crippen LogP contribution is -2.54. The average Bonchev–Trinajstić information content (AvgIpc) is 2.14. The van der Waals surface area contributed by atoms with Crippen LogP contribution in [0.25, 0.3) is 0 Å². The van der Waals surface area contributed by atoms with Crippen LogP contribution < -0.4 is 0 Å². The van der Waals surface area contributed by atoms with Gasteiger partial charge in [0.2, 0.25) is 6.41 Å². The predicted octanol–water partition coefficient (Wildman–Crippen LogP) is 1.08. The fourth-order valence-electron chi connectivity index (χ4n) is 1.67. The first-order chi connectivity index (χ1) is 7.33. The van der Waals surface area contributed by atoms with Gasteiger partial charge in [0.25, 0.3) is 0 Å². The van der Waals surface area contributed by atoms with Gasteiger partial charge in [-0.3, -0.25) is 4.79 Å². The van der Waals surface area contributed by atoms with Gasteiger partial charge in [0.05, 0.1) is 0 Å². The fraction of sp³-hybridized carbons (Fsp3) is 0.818. The van der Waals surface area contributed by atoms with Gasteiger partial charge in [0.1, 0.15) is 5.60 Å². The molecule has 0 saturated carbocycles. The topological polar surface area (TPSA) is 49.9 Å². The van der Waals surface area contributed by atoms with Crippen molar-refractivity contribution < 1.29 is 14.3 Å². The van der Waals surface area contributed by atoms with Gasteiger partial charge in [-0.25, -0.2) is 4.79 Å². The normalized spacial score (nSPS) is 21.9. The van der Waals surface area contributed by atoms with Crippen molar-refractivity contribution in [3.05, 3.63) is 0 Å². The molecule has 0 bridgehead atoms. The molecule has 1 heterocycles. The molecular weight excluding hydrogens is 208 g/mol. The molecule has 5 heteroatoms. The third-order valence-electron chi connectivity index (χ3n) is 2.44. The van der Waals surface area contributed by atoms with E-state index in [0.717, 1.165) is 6.41 Å². The highest BCUT2D eigenvalue weighted by atomic mass is 16.6. The molecular formula is C11H20N2O3. The molecule has 1 rings (SSSR count). The van der Waals surface area contributed by atoms with Crippen LogP contribution in [-0.4, -0.2) is 53.6 Å². The molecule has 1 aliphatic rings. The molecule has 1 atom stereocenters. The van der Waals surface area contributed by atoms with Gasteiger partial charge in [-0.2, -0.15) is 0 Å². The van der Waals surface area contributed by atoms with E-state index in [-0.39, 0.29) is 12.1 Å². The molecule has 0 N–H and O–H groups in total. The van der Waals surface area contributed by atoms with Crippen LogP contribution in [0, 0.1) is 0 Å². The molecule has 0 aliphatic carbocycles. The van der Waals surface area contributed by atoms with Crippen molar-refractivity contribution in [2.75, 3.05) is 19.6 Å². The quantitative estimate of drug-likeness (QED) is 0.631. The molecule has 1 aliphatic heterocycles. The molecule has 2 amide bonds. The van der Waals surface area contributed by atoms with Crippen LogP contribution in [-0.2, 0) is 9.53 Å². The monoisotopic (exact) mass is 228 g/mol. The number of piperazine rings is 1. The zero-order chi connectivity index (χ0) is 12.3. The van der Waals surface area contributed by atoms with E-state index in [1.165, 1.54) is 0 Å².